The molecule has 1 aliphatic heterocycles. The van der Waals surface area contributed by atoms with Crippen molar-refractivity contribution in [3.05, 3.63) is 30.1 Å². The van der Waals surface area contributed by atoms with Gasteiger partial charge in [-0.2, -0.15) is 5.10 Å². The summed E-state index contributed by atoms with van der Waals surface area (Å²) in [5, 5.41) is 7.18. The van der Waals surface area contributed by atoms with Crippen LogP contribution in [0.5, 0.6) is 0 Å². The second-order valence-electron chi connectivity index (χ2n) is 6.89. The molecule has 3 heterocycles. The van der Waals surface area contributed by atoms with Crippen molar-refractivity contribution in [2.45, 2.75) is 52.1 Å². The molecule has 0 aliphatic carbocycles. The highest BCUT2D eigenvalue weighted by Gasteiger charge is 2.24. The van der Waals surface area contributed by atoms with Crippen LogP contribution in [0.3, 0.4) is 0 Å². The third kappa shape index (κ3) is 4.28. The van der Waals surface area contributed by atoms with Crippen LogP contribution in [0.1, 0.15) is 37.2 Å². The lowest BCUT2D eigenvalue weighted by Gasteiger charge is -2.35. The van der Waals surface area contributed by atoms with E-state index in [1.807, 2.05) is 33.3 Å². The van der Waals surface area contributed by atoms with E-state index in [1.165, 1.54) is 12.8 Å². The molecule has 7 nitrogen and oxygen atoms in total. The van der Waals surface area contributed by atoms with Crippen molar-refractivity contribution in [1.82, 2.24) is 24.2 Å². The SMILES string of the molecule is Cc1nccn1CC[C@H]1CCCCN1CC(=O)Nc1cnn(C)c1C. The molecule has 0 bridgehead atoms. The maximum Gasteiger partial charge on any atom is 0.238 e. The van der Waals surface area contributed by atoms with Gasteiger partial charge in [0.05, 0.1) is 24.1 Å². The number of carbonyl (C=O) groups is 1. The number of imidazole rings is 1. The number of aryl methyl sites for hydroxylation is 3. The maximum atomic E-state index is 12.5. The zero-order valence-corrected chi connectivity index (χ0v) is 15.4. The minimum Gasteiger partial charge on any atom is -0.335 e. The summed E-state index contributed by atoms with van der Waals surface area (Å²) in [6.45, 7) is 6.38. The molecule has 3 rings (SSSR count). The summed E-state index contributed by atoms with van der Waals surface area (Å²) in [6.07, 6.45) is 10.2. The Kier molecular flexibility index (Phi) is 5.53. The quantitative estimate of drug-likeness (QED) is 0.871. The minimum absolute atomic E-state index is 0.0433. The Morgan fingerprint density at radius 1 is 1.36 bits per heavy atom. The standard InChI is InChI=1S/C18H28N6O/c1-14-17(12-20-22(14)3)21-18(25)13-24-9-5-4-6-16(24)7-10-23-11-8-19-15(23)2/h8,11-12,16H,4-7,9-10,13H2,1-3H3,(H,21,25)/t16-/m1/s1. The van der Waals surface area contributed by atoms with Crippen LogP contribution in [0.2, 0.25) is 0 Å². The molecule has 1 N–H and O–H groups in total. The Morgan fingerprint density at radius 2 is 2.20 bits per heavy atom. The number of hydrogen-bond donors (Lipinski definition) is 1. The first-order chi connectivity index (χ1) is 12.0. The predicted molar refractivity (Wildman–Crippen MR) is 97.4 cm³/mol. The highest BCUT2D eigenvalue weighted by Crippen LogP contribution is 2.21. The predicted octanol–water partition coefficient (Wildman–Crippen LogP) is 2.12. The molecule has 1 amide bonds. The molecule has 2 aromatic heterocycles. The van der Waals surface area contributed by atoms with E-state index in [0.29, 0.717) is 12.6 Å². The van der Waals surface area contributed by atoms with Crippen molar-refractivity contribution in [3.8, 4) is 0 Å². The van der Waals surface area contributed by atoms with Crippen LogP contribution < -0.4 is 5.32 Å². The Bertz CT molecular complexity index is 719. The average Bonchev–Trinajstić information content (AvgIpc) is 3.14. The summed E-state index contributed by atoms with van der Waals surface area (Å²) in [7, 11) is 1.88. The van der Waals surface area contributed by atoms with Gasteiger partial charge in [0, 0.05) is 32.0 Å². The highest BCUT2D eigenvalue weighted by atomic mass is 16.2. The van der Waals surface area contributed by atoms with E-state index >= 15 is 0 Å². The second kappa shape index (κ2) is 7.82. The number of aromatic nitrogens is 4. The third-order valence-electron chi connectivity index (χ3n) is 5.23. The van der Waals surface area contributed by atoms with Gasteiger partial charge in [0.15, 0.2) is 0 Å². The number of carbonyl (C=O) groups excluding carboxylic acids is 1. The first-order valence-corrected chi connectivity index (χ1v) is 9.05. The smallest absolute Gasteiger partial charge is 0.238 e. The van der Waals surface area contributed by atoms with Gasteiger partial charge >= 0.3 is 0 Å². The van der Waals surface area contributed by atoms with E-state index in [4.69, 9.17) is 0 Å². The van der Waals surface area contributed by atoms with Gasteiger partial charge in [0.25, 0.3) is 0 Å². The molecule has 2 aromatic rings. The molecule has 25 heavy (non-hydrogen) atoms. The first-order valence-electron chi connectivity index (χ1n) is 9.05. The van der Waals surface area contributed by atoms with Crippen LogP contribution in [-0.4, -0.2) is 49.3 Å². The number of nitrogens with zero attached hydrogens (tertiary/aromatic N) is 5. The van der Waals surface area contributed by atoms with Crippen molar-refractivity contribution in [2.75, 3.05) is 18.4 Å². The van der Waals surface area contributed by atoms with E-state index in [2.05, 4.69) is 24.9 Å². The van der Waals surface area contributed by atoms with Gasteiger partial charge in [-0.05, 0) is 39.7 Å². The minimum atomic E-state index is 0.0433. The molecule has 1 saturated heterocycles. The van der Waals surface area contributed by atoms with Gasteiger partial charge < -0.3 is 9.88 Å². The van der Waals surface area contributed by atoms with E-state index in [9.17, 15) is 4.79 Å². The van der Waals surface area contributed by atoms with E-state index in [1.54, 1.807) is 10.9 Å². The molecule has 1 atom stereocenters. The van der Waals surface area contributed by atoms with Gasteiger partial charge in [0.1, 0.15) is 5.82 Å². The summed E-state index contributed by atoms with van der Waals surface area (Å²) in [4.78, 5) is 19.1. The zero-order valence-electron chi connectivity index (χ0n) is 15.4. The molecular formula is C18H28N6O. The highest BCUT2D eigenvalue weighted by molar-refractivity contribution is 5.92. The molecule has 1 aliphatic rings. The maximum absolute atomic E-state index is 12.5. The average molecular weight is 344 g/mol. The summed E-state index contributed by atoms with van der Waals surface area (Å²) >= 11 is 0. The zero-order chi connectivity index (χ0) is 17.8. The second-order valence-corrected chi connectivity index (χ2v) is 6.89. The number of piperidine rings is 1. The Labute approximate surface area is 149 Å². The van der Waals surface area contributed by atoms with Gasteiger partial charge in [-0.15, -0.1) is 0 Å². The fourth-order valence-corrected chi connectivity index (χ4v) is 3.52. The van der Waals surface area contributed by atoms with Gasteiger partial charge in [0.2, 0.25) is 5.91 Å². The number of rotatable bonds is 6. The number of amides is 1. The fourth-order valence-electron chi connectivity index (χ4n) is 3.52. The van der Waals surface area contributed by atoms with Crippen LogP contribution in [0.25, 0.3) is 0 Å². The third-order valence-corrected chi connectivity index (χ3v) is 5.23. The number of hydrogen-bond acceptors (Lipinski definition) is 4. The van der Waals surface area contributed by atoms with Gasteiger partial charge in [-0.3, -0.25) is 14.4 Å². The lowest BCUT2D eigenvalue weighted by Crippen LogP contribution is -2.44. The van der Waals surface area contributed by atoms with Crippen LogP contribution in [0, 0.1) is 13.8 Å². The molecule has 0 aromatic carbocycles. The monoisotopic (exact) mass is 344 g/mol. The summed E-state index contributed by atoms with van der Waals surface area (Å²) in [5.74, 6) is 1.09. The van der Waals surface area contributed by atoms with Crippen LogP contribution in [0.15, 0.2) is 18.6 Å². The lowest BCUT2D eigenvalue weighted by atomic mass is 9.99. The van der Waals surface area contributed by atoms with E-state index in [-0.39, 0.29) is 5.91 Å². The summed E-state index contributed by atoms with van der Waals surface area (Å²) in [5.41, 5.74) is 1.77. The Hall–Kier alpha value is -2.15. The van der Waals surface area contributed by atoms with Gasteiger partial charge in [-0.1, -0.05) is 6.42 Å². The molecule has 1 fully saturated rings. The molecule has 7 heteroatoms. The molecule has 136 valence electrons. The topological polar surface area (TPSA) is 68.0 Å². The van der Waals surface area contributed by atoms with Crippen LogP contribution in [-0.2, 0) is 18.4 Å². The molecule has 0 radical (unpaired) electrons. The molecule has 0 unspecified atom stereocenters. The van der Waals surface area contributed by atoms with E-state index in [0.717, 1.165) is 43.1 Å². The number of nitrogens with one attached hydrogen (secondary N) is 1. The van der Waals surface area contributed by atoms with Crippen molar-refractivity contribution < 1.29 is 4.79 Å². The largest absolute Gasteiger partial charge is 0.335 e. The van der Waals surface area contributed by atoms with E-state index < -0.39 is 0 Å². The fraction of sp³-hybridized carbons (Fsp3) is 0.611. The normalized spacial score (nSPS) is 18.4. The van der Waals surface area contributed by atoms with Crippen molar-refractivity contribution in [3.63, 3.8) is 0 Å². The van der Waals surface area contributed by atoms with Crippen molar-refractivity contribution in [1.29, 1.82) is 0 Å². The Balaban J connectivity index is 1.56. The van der Waals surface area contributed by atoms with Crippen molar-refractivity contribution in [2.24, 2.45) is 7.05 Å². The van der Waals surface area contributed by atoms with Gasteiger partial charge in [-0.25, -0.2) is 4.98 Å². The number of likely N-dealkylation sites (tertiary alicyclic amines) is 1. The summed E-state index contributed by atoms with van der Waals surface area (Å²) < 4.78 is 3.96. The molecule has 0 spiro atoms. The molecular weight excluding hydrogens is 316 g/mol. The van der Waals surface area contributed by atoms with Crippen LogP contribution in [0.4, 0.5) is 5.69 Å². The number of anilines is 1. The van der Waals surface area contributed by atoms with Crippen LogP contribution >= 0.6 is 0 Å². The lowest BCUT2D eigenvalue weighted by molar-refractivity contribution is -0.118. The van der Waals surface area contributed by atoms with Crippen molar-refractivity contribution >= 4 is 11.6 Å². The Morgan fingerprint density at radius 3 is 2.88 bits per heavy atom. The molecule has 0 saturated carbocycles. The first kappa shape index (κ1) is 17.7. The summed E-state index contributed by atoms with van der Waals surface area (Å²) in [6, 6.07) is 0.455.